The lowest BCUT2D eigenvalue weighted by molar-refractivity contribution is 0.166. The number of benzene rings is 2. The summed E-state index contributed by atoms with van der Waals surface area (Å²) in [5.74, 6) is 0.719. The second-order valence-electron chi connectivity index (χ2n) is 6.48. The van der Waals surface area contributed by atoms with Crippen molar-refractivity contribution in [2.45, 2.75) is 6.42 Å². The molecule has 0 aromatic heterocycles. The number of carbonyl (C=O) groups excluding carboxylic acids is 1. The fourth-order valence-corrected chi connectivity index (χ4v) is 2.98. The van der Waals surface area contributed by atoms with Gasteiger partial charge in [-0.15, -0.1) is 24.8 Å². The van der Waals surface area contributed by atoms with Crippen molar-refractivity contribution in [2.75, 3.05) is 45.2 Å². The third kappa shape index (κ3) is 8.20. The summed E-state index contributed by atoms with van der Waals surface area (Å²) in [5.41, 5.74) is 2.32. The van der Waals surface area contributed by atoms with Gasteiger partial charge in [-0.3, -0.25) is 10.2 Å². The van der Waals surface area contributed by atoms with E-state index < -0.39 is 6.09 Å². The number of halogens is 2. The van der Waals surface area contributed by atoms with Crippen molar-refractivity contribution in [1.29, 1.82) is 0 Å². The molecule has 2 aromatic rings. The highest BCUT2D eigenvalue weighted by atomic mass is 35.5. The van der Waals surface area contributed by atoms with Gasteiger partial charge in [0.05, 0.1) is 12.8 Å². The van der Waals surface area contributed by atoms with Gasteiger partial charge >= 0.3 is 6.09 Å². The van der Waals surface area contributed by atoms with Gasteiger partial charge in [0.1, 0.15) is 5.75 Å². The van der Waals surface area contributed by atoms with E-state index in [-0.39, 0.29) is 24.8 Å². The van der Waals surface area contributed by atoms with Crippen molar-refractivity contribution in [3.63, 3.8) is 0 Å². The van der Waals surface area contributed by atoms with Crippen molar-refractivity contribution in [2.24, 2.45) is 5.16 Å². The Morgan fingerprint density at radius 2 is 1.73 bits per heavy atom. The molecule has 7 nitrogen and oxygen atoms in total. The number of ether oxygens (including phenoxy) is 1. The SMILES string of the molecule is COc1ccc(NC(=O)O/N=C(/CCN2CCNCC2)c2ccccc2)cc1.Cl.Cl. The van der Waals surface area contributed by atoms with Gasteiger partial charge in [0.25, 0.3) is 0 Å². The van der Waals surface area contributed by atoms with Crippen molar-refractivity contribution in [1.82, 2.24) is 10.2 Å². The summed E-state index contributed by atoms with van der Waals surface area (Å²) in [4.78, 5) is 19.6. The molecule has 1 aliphatic rings. The molecule has 2 N–H and O–H groups in total. The zero-order chi connectivity index (χ0) is 19.6. The number of methoxy groups -OCH3 is 1. The van der Waals surface area contributed by atoms with E-state index in [1.165, 1.54) is 0 Å². The Kier molecular flexibility index (Phi) is 11.8. The van der Waals surface area contributed by atoms with E-state index in [1.54, 1.807) is 31.4 Å². The number of nitrogens with zero attached hydrogens (tertiary/aromatic N) is 2. The fraction of sp³-hybridized carbons (Fsp3) is 0.333. The number of oxime groups is 1. The fourth-order valence-electron chi connectivity index (χ4n) is 2.98. The van der Waals surface area contributed by atoms with E-state index >= 15 is 0 Å². The molecule has 0 saturated carbocycles. The van der Waals surface area contributed by atoms with Gasteiger partial charge in [0, 0.05) is 44.8 Å². The number of carbonyl (C=O) groups is 1. The maximum absolute atomic E-state index is 12.1. The van der Waals surface area contributed by atoms with Crippen LogP contribution in [-0.4, -0.2) is 56.5 Å². The van der Waals surface area contributed by atoms with Crippen molar-refractivity contribution < 1.29 is 14.4 Å². The van der Waals surface area contributed by atoms with Crippen LogP contribution in [0.25, 0.3) is 0 Å². The zero-order valence-corrected chi connectivity index (χ0v) is 18.5. The van der Waals surface area contributed by atoms with Crippen LogP contribution in [0.5, 0.6) is 5.75 Å². The van der Waals surface area contributed by atoms with Gasteiger partial charge in [0.15, 0.2) is 0 Å². The molecule has 30 heavy (non-hydrogen) atoms. The molecule has 164 valence electrons. The molecule has 2 aromatic carbocycles. The Bertz CT molecular complexity index is 783. The first-order valence-electron chi connectivity index (χ1n) is 9.42. The lowest BCUT2D eigenvalue weighted by atomic mass is 10.1. The van der Waals surface area contributed by atoms with Gasteiger partial charge in [-0.1, -0.05) is 35.5 Å². The Labute approximate surface area is 189 Å². The van der Waals surface area contributed by atoms with Gasteiger partial charge < -0.3 is 15.0 Å². The second kappa shape index (κ2) is 13.8. The van der Waals surface area contributed by atoms with Crippen LogP contribution in [0.4, 0.5) is 10.5 Å². The Balaban J connectivity index is 0.00000225. The molecule has 0 atom stereocenters. The van der Waals surface area contributed by atoms with Crippen LogP contribution in [0, 0.1) is 0 Å². The molecule has 1 heterocycles. The van der Waals surface area contributed by atoms with Crippen molar-refractivity contribution in [3.05, 3.63) is 60.2 Å². The van der Waals surface area contributed by atoms with E-state index in [1.807, 2.05) is 30.3 Å². The van der Waals surface area contributed by atoms with E-state index in [0.717, 1.165) is 49.7 Å². The number of piperazine rings is 1. The van der Waals surface area contributed by atoms with Gasteiger partial charge in [-0.2, -0.15) is 0 Å². The monoisotopic (exact) mass is 454 g/mol. The van der Waals surface area contributed by atoms with E-state index in [2.05, 4.69) is 20.7 Å². The number of rotatable bonds is 7. The molecule has 1 saturated heterocycles. The second-order valence-corrected chi connectivity index (χ2v) is 6.48. The maximum Gasteiger partial charge on any atom is 0.437 e. The first kappa shape index (κ1) is 25.7. The van der Waals surface area contributed by atoms with Crippen LogP contribution in [0.1, 0.15) is 12.0 Å². The summed E-state index contributed by atoms with van der Waals surface area (Å²) in [6.45, 7) is 4.90. The smallest absolute Gasteiger partial charge is 0.437 e. The molecule has 1 fully saturated rings. The number of nitrogens with one attached hydrogen (secondary N) is 2. The van der Waals surface area contributed by atoms with Crippen LogP contribution < -0.4 is 15.4 Å². The topological polar surface area (TPSA) is 75.2 Å². The highest BCUT2D eigenvalue weighted by Gasteiger charge is 2.13. The number of hydrogen-bond donors (Lipinski definition) is 2. The zero-order valence-electron chi connectivity index (χ0n) is 16.9. The highest BCUT2D eigenvalue weighted by molar-refractivity contribution is 6.00. The van der Waals surface area contributed by atoms with E-state index in [0.29, 0.717) is 12.1 Å². The molecule has 0 bridgehead atoms. The molecule has 1 aliphatic heterocycles. The third-order valence-corrected chi connectivity index (χ3v) is 4.56. The lowest BCUT2D eigenvalue weighted by Gasteiger charge is -2.27. The Morgan fingerprint density at radius 3 is 2.37 bits per heavy atom. The predicted octanol–water partition coefficient (Wildman–Crippen LogP) is 3.79. The minimum absolute atomic E-state index is 0. The quantitative estimate of drug-likeness (QED) is 0.378. The molecule has 9 heteroatoms. The Hall–Kier alpha value is -2.32. The average molecular weight is 455 g/mol. The third-order valence-electron chi connectivity index (χ3n) is 4.56. The lowest BCUT2D eigenvalue weighted by Crippen LogP contribution is -2.44. The van der Waals surface area contributed by atoms with Crippen LogP contribution in [0.15, 0.2) is 59.8 Å². The first-order valence-corrected chi connectivity index (χ1v) is 9.42. The Morgan fingerprint density at radius 1 is 1.07 bits per heavy atom. The number of anilines is 1. The molecular formula is C21H28Cl2N4O3. The summed E-state index contributed by atoms with van der Waals surface area (Å²) >= 11 is 0. The van der Waals surface area contributed by atoms with E-state index in [4.69, 9.17) is 9.57 Å². The van der Waals surface area contributed by atoms with Crippen LogP contribution >= 0.6 is 24.8 Å². The highest BCUT2D eigenvalue weighted by Crippen LogP contribution is 2.15. The molecule has 0 aliphatic carbocycles. The number of amides is 1. The molecule has 0 spiro atoms. The maximum atomic E-state index is 12.1. The van der Waals surface area contributed by atoms with Gasteiger partial charge in [-0.25, -0.2) is 4.79 Å². The molecular weight excluding hydrogens is 427 g/mol. The molecule has 0 radical (unpaired) electrons. The van der Waals surface area contributed by atoms with Crippen molar-refractivity contribution in [3.8, 4) is 5.75 Å². The minimum Gasteiger partial charge on any atom is -0.497 e. The normalized spacial score (nSPS) is 14.1. The summed E-state index contributed by atoms with van der Waals surface area (Å²) in [6.07, 6.45) is 0.0839. The van der Waals surface area contributed by atoms with Gasteiger partial charge in [0.2, 0.25) is 0 Å². The molecule has 3 rings (SSSR count). The standard InChI is InChI=1S/C21H26N4O3.2ClH/c1-27-19-9-7-18(8-10-19)23-21(26)28-24-20(17-5-3-2-4-6-17)11-14-25-15-12-22-13-16-25;;/h2-10,22H,11-16H2,1H3,(H,23,26);2*1H/b24-20-;;. The summed E-state index contributed by atoms with van der Waals surface area (Å²) in [7, 11) is 1.59. The van der Waals surface area contributed by atoms with Crippen molar-refractivity contribution >= 4 is 42.3 Å². The minimum atomic E-state index is -0.624. The largest absolute Gasteiger partial charge is 0.497 e. The summed E-state index contributed by atoms with van der Waals surface area (Å²) in [5, 5.41) is 10.2. The number of hydrogen-bond acceptors (Lipinski definition) is 6. The predicted molar refractivity (Wildman–Crippen MR) is 124 cm³/mol. The molecule has 1 amide bonds. The molecule has 0 unspecified atom stereocenters. The van der Waals surface area contributed by atoms with Crippen LogP contribution in [0.2, 0.25) is 0 Å². The summed E-state index contributed by atoms with van der Waals surface area (Å²) < 4.78 is 5.11. The van der Waals surface area contributed by atoms with Gasteiger partial charge in [-0.05, 0) is 29.8 Å². The summed E-state index contributed by atoms with van der Waals surface area (Å²) in [6, 6.07) is 16.8. The van der Waals surface area contributed by atoms with Crippen LogP contribution in [-0.2, 0) is 4.84 Å². The first-order chi connectivity index (χ1) is 13.7. The van der Waals surface area contributed by atoms with E-state index in [9.17, 15) is 4.79 Å². The van der Waals surface area contributed by atoms with Crippen LogP contribution in [0.3, 0.4) is 0 Å². The average Bonchev–Trinajstić information content (AvgIpc) is 2.75.